The lowest BCUT2D eigenvalue weighted by Gasteiger charge is -2.29. The fourth-order valence-electron chi connectivity index (χ4n) is 2.04. The van der Waals surface area contributed by atoms with Gasteiger partial charge in [0.05, 0.1) is 0 Å². The molecule has 16 heavy (non-hydrogen) atoms. The lowest BCUT2D eigenvalue weighted by molar-refractivity contribution is -0.121. The Hall–Kier alpha value is -0.610. The molecule has 1 rings (SSSR count). The van der Waals surface area contributed by atoms with Crippen LogP contribution in [0.5, 0.6) is 0 Å². The molecule has 0 spiro atoms. The molecule has 4 nitrogen and oxygen atoms in total. The lowest BCUT2D eigenvalue weighted by atomic mass is 9.88. The minimum atomic E-state index is 0.148. The van der Waals surface area contributed by atoms with Crippen LogP contribution in [0.25, 0.3) is 0 Å². The number of rotatable bonds is 6. The summed E-state index contributed by atoms with van der Waals surface area (Å²) < 4.78 is 4.91. The predicted octanol–water partition coefficient (Wildman–Crippen LogP) is 0.775. The summed E-state index contributed by atoms with van der Waals surface area (Å²) in [6.45, 7) is 5.87. The van der Waals surface area contributed by atoms with Gasteiger partial charge in [0.2, 0.25) is 5.91 Å². The molecule has 2 unspecified atom stereocenters. The van der Waals surface area contributed by atoms with Gasteiger partial charge in [-0.15, -0.1) is 0 Å². The van der Waals surface area contributed by atoms with Crippen LogP contribution < -0.4 is 10.6 Å². The summed E-state index contributed by atoms with van der Waals surface area (Å²) in [6, 6.07) is 0. The standard InChI is InChI=1S/C12H24N2O2/c1-10-5-6-13-8-11(10)9-14-12(15)4-3-7-16-2/h10-11,13H,3-9H2,1-2H3,(H,14,15). The third-order valence-corrected chi connectivity index (χ3v) is 3.30. The van der Waals surface area contributed by atoms with E-state index in [4.69, 9.17) is 4.74 Å². The number of carbonyl (C=O) groups excluding carboxylic acids is 1. The van der Waals surface area contributed by atoms with Crippen LogP contribution in [0, 0.1) is 11.8 Å². The van der Waals surface area contributed by atoms with Crippen LogP contribution in [0.1, 0.15) is 26.2 Å². The van der Waals surface area contributed by atoms with Crippen molar-refractivity contribution >= 4 is 5.91 Å². The van der Waals surface area contributed by atoms with E-state index < -0.39 is 0 Å². The van der Waals surface area contributed by atoms with Gasteiger partial charge in [0.15, 0.2) is 0 Å². The summed E-state index contributed by atoms with van der Waals surface area (Å²) in [7, 11) is 1.66. The van der Waals surface area contributed by atoms with Gasteiger partial charge in [-0.25, -0.2) is 0 Å². The Balaban J connectivity index is 2.10. The Kier molecular flexibility index (Phi) is 6.42. The van der Waals surface area contributed by atoms with E-state index in [2.05, 4.69) is 17.6 Å². The van der Waals surface area contributed by atoms with Crippen LogP contribution >= 0.6 is 0 Å². The number of carbonyl (C=O) groups is 1. The minimum absolute atomic E-state index is 0.148. The maximum absolute atomic E-state index is 11.5. The molecule has 0 aromatic heterocycles. The SMILES string of the molecule is COCCCC(=O)NCC1CNCCC1C. The van der Waals surface area contributed by atoms with E-state index >= 15 is 0 Å². The van der Waals surface area contributed by atoms with Gasteiger partial charge in [-0.2, -0.15) is 0 Å². The maximum atomic E-state index is 11.5. The number of ether oxygens (including phenoxy) is 1. The first-order valence-electron chi connectivity index (χ1n) is 6.20. The van der Waals surface area contributed by atoms with Crippen LogP contribution in [0.15, 0.2) is 0 Å². The molecule has 94 valence electrons. The quantitative estimate of drug-likeness (QED) is 0.660. The Morgan fingerprint density at radius 1 is 1.56 bits per heavy atom. The van der Waals surface area contributed by atoms with Gasteiger partial charge in [-0.1, -0.05) is 6.92 Å². The normalized spacial score (nSPS) is 25.4. The highest BCUT2D eigenvalue weighted by Gasteiger charge is 2.21. The number of hydrogen-bond acceptors (Lipinski definition) is 3. The molecule has 0 bridgehead atoms. The molecule has 1 aliphatic rings. The van der Waals surface area contributed by atoms with Crippen LogP contribution in [-0.4, -0.2) is 39.3 Å². The molecule has 1 heterocycles. The smallest absolute Gasteiger partial charge is 0.220 e. The average Bonchev–Trinajstić information content (AvgIpc) is 2.28. The summed E-state index contributed by atoms with van der Waals surface area (Å²) in [5, 5.41) is 6.38. The van der Waals surface area contributed by atoms with E-state index in [1.54, 1.807) is 7.11 Å². The first-order valence-corrected chi connectivity index (χ1v) is 6.20. The molecule has 1 aliphatic heterocycles. The van der Waals surface area contributed by atoms with E-state index in [0.717, 1.165) is 26.1 Å². The van der Waals surface area contributed by atoms with Crippen LogP contribution in [-0.2, 0) is 9.53 Å². The van der Waals surface area contributed by atoms with E-state index in [9.17, 15) is 4.79 Å². The Bertz CT molecular complexity index is 209. The zero-order valence-electron chi connectivity index (χ0n) is 10.4. The molecular formula is C12H24N2O2. The molecule has 1 fully saturated rings. The average molecular weight is 228 g/mol. The van der Waals surface area contributed by atoms with Crippen molar-refractivity contribution < 1.29 is 9.53 Å². The van der Waals surface area contributed by atoms with Crippen molar-refractivity contribution in [1.82, 2.24) is 10.6 Å². The number of methoxy groups -OCH3 is 1. The third kappa shape index (κ3) is 4.94. The highest BCUT2D eigenvalue weighted by molar-refractivity contribution is 5.75. The number of amides is 1. The van der Waals surface area contributed by atoms with Crippen molar-refractivity contribution in [1.29, 1.82) is 0 Å². The number of hydrogen-bond donors (Lipinski definition) is 2. The zero-order chi connectivity index (χ0) is 11.8. The van der Waals surface area contributed by atoms with Crippen molar-refractivity contribution in [3.8, 4) is 0 Å². The number of nitrogens with one attached hydrogen (secondary N) is 2. The topological polar surface area (TPSA) is 50.4 Å². The minimum Gasteiger partial charge on any atom is -0.385 e. The van der Waals surface area contributed by atoms with Gasteiger partial charge in [0.1, 0.15) is 0 Å². The summed E-state index contributed by atoms with van der Waals surface area (Å²) in [5.41, 5.74) is 0. The zero-order valence-corrected chi connectivity index (χ0v) is 10.4. The van der Waals surface area contributed by atoms with E-state index in [1.807, 2.05) is 0 Å². The second-order valence-electron chi connectivity index (χ2n) is 4.63. The summed E-state index contributed by atoms with van der Waals surface area (Å²) in [5.74, 6) is 1.44. The van der Waals surface area contributed by atoms with Crippen LogP contribution in [0.2, 0.25) is 0 Å². The Morgan fingerprint density at radius 2 is 2.38 bits per heavy atom. The van der Waals surface area contributed by atoms with E-state index in [1.165, 1.54) is 6.42 Å². The monoisotopic (exact) mass is 228 g/mol. The van der Waals surface area contributed by atoms with Gasteiger partial charge in [0, 0.05) is 26.7 Å². The summed E-state index contributed by atoms with van der Waals surface area (Å²) >= 11 is 0. The van der Waals surface area contributed by atoms with Gasteiger partial charge in [-0.3, -0.25) is 4.79 Å². The summed E-state index contributed by atoms with van der Waals surface area (Å²) in [6.07, 6.45) is 2.59. The van der Waals surface area contributed by atoms with Crippen molar-refractivity contribution in [2.75, 3.05) is 33.4 Å². The van der Waals surface area contributed by atoms with Gasteiger partial charge in [0.25, 0.3) is 0 Å². The van der Waals surface area contributed by atoms with E-state index in [-0.39, 0.29) is 5.91 Å². The maximum Gasteiger partial charge on any atom is 0.220 e. The van der Waals surface area contributed by atoms with Crippen molar-refractivity contribution in [2.45, 2.75) is 26.2 Å². The first kappa shape index (κ1) is 13.5. The van der Waals surface area contributed by atoms with Crippen LogP contribution in [0.4, 0.5) is 0 Å². The molecule has 4 heteroatoms. The summed E-state index contributed by atoms with van der Waals surface area (Å²) in [4.78, 5) is 11.5. The van der Waals surface area contributed by atoms with Gasteiger partial charge in [-0.05, 0) is 37.8 Å². The molecule has 2 N–H and O–H groups in total. The molecular weight excluding hydrogens is 204 g/mol. The third-order valence-electron chi connectivity index (χ3n) is 3.30. The largest absolute Gasteiger partial charge is 0.385 e. The molecule has 0 aromatic rings. The van der Waals surface area contributed by atoms with Crippen molar-refractivity contribution in [3.63, 3.8) is 0 Å². The molecule has 0 saturated carbocycles. The highest BCUT2D eigenvalue weighted by Crippen LogP contribution is 2.17. The lowest BCUT2D eigenvalue weighted by Crippen LogP contribution is -2.42. The first-order chi connectivity index (χ1) is 7.74. The fraction of sp³-hybridized carbons (Fsp3) is 0.917. The highest BCUT2D eigenvalue weighted by atomic mass is 16.5. The van der Waals surface area contributed by atoms with Gasteiger partial charge < -0.3 is 15.4 Å². The van der Waals surface area contributed by atoms with Crippen LogP contribution in [0.3, 0.4) is 0 Å². The molecule has 2 atom stereocenters. The predicted molar refractivity (Wildman–Crippen MR) is 64.3 cm³/mol. The molecule has 0 aliphatic carbocycles. The number of piperidine rings is 1. The second kappa shape index (κ2) is 7.63. The Morgan fingerprint density at radius 3 is 3.06 bits per heavy atom. The van der Waals surface area contributed by atoms with Crippen molar-refractivity contribution in [2.24, 2.45) is 11.8 Å². The van der Waals surface area contributed by atoms with E-state index in [0.29, 0.717) is 24.9 Å². The van der Waals surface area contributed by atoms with Crippen molar-refractivity contribution in [3.05, 3.63) is 0 Å². The fourth-order valence-corrected chi connectivity index (χ4v) is 2.04. The molecule has 0 aromatic carbocycles. The molecule has 1 saturated heterocycles. The van der Waals surface area contributed by atoms with Gasteiger partial charge >= 0.3 is 0 Å². The Labute approximate surface area is 98.1 Å². The second-order valence-corrected chi connectivity index (χ2v) is 4.63. The molecule has 0 radical (unpaired) electrons. The molecule has 1 amide bonds.